The fraction of sp³-hybridized carbons (Fsp3) is 0.300. The summed E-state index contributed by atoms with van der Waals surface area (Å²) in [5.74, 6) is 5.61. The van der Waals surface area contributed by atoms with Gasteiger partial charge in [0, 0.05) is 6.20 Å². The molecule has 0 aliphatic rings. The Morgan fingerprint density at radius 2 is 2.06 bits per heavy atom. The van der Waals surface area contributed by atoms with Crippen LogP contribution in [-0.4, -0.2) is 9.66 Å². The van der Waals surface area contributed by atoms with Crippen LogP contribution in [0.3, 0.4) is 0 Å². The Hall–Kier alpha value is -1.72. The summed E-state index contributed by atoms with van der Waals surface area (Å²) in [5, 5.41) is 0. The van der Waals surface area contributed by atoms with E-state index in [-0.39, 0.29) is 0 Å². The van der Waals surface area contributed by atoms with Gasteiger partial charge in [0.15, 0.2) is 0 Å². The second kappa shape index (κ2) is 3.40. The molecule has 0 saturated heterocycles. The van der Waals surface area contributed by atoms with Crippen molar-refractivity contribution in [1.29, 1.82) is 0 Å². The number of aryl methyl sites for hydroxylation is 1. The molecule has 2 rings (SSSR count). The average molecular weight is 229 g/mol. The van der Waals surface area contributed by atoms with Gasteiger partial charge in [-0.3, -0.25) is 4.68 Å². The van der Waals surface area contributed by atoms with Crippen LogP contribution in [0.25, 0.3) is 11.0 Å². The number of halogens is 3. The second-order valence-corrected chi connectivity index (χ2v) is 3.48. The molecule has 0 unspecified atom stereocenters. The molecule has 2 heterocycles. The first-order chi connectivity index (χ1) is 7.43. The average Bonchev–Trinajstić information content (AvgIpc) is 2.54. The highest BCUT2D eigenvalue weighted by Crippen LogP contribution is 2.30. The van der Waals surface area contributed by atoms with Crippen LogP contribution in [0.2, 0.25) is 0 Å². The van der Waals surface area contributed by atoms with Crippen LogP contribution in [0.4, 0.5) is 13.2 Å². The number of aromatic nitrogens is 2. The third-order valence-electron chi connectivity index (χ3n) is 2.42. The largest absolute Gasteiger partial charge is 0.433 e. The first-order valence-electron chi connectivity index (χ1n) is 4.76. The maximum atomic E-state index is 12.5. The lowest BCUT2D eigenvalue weighted by Crippen LogP contribution is -2.09. The Balaban J connectivity index is 2.69. The molecule has 86 valence electrons. The Morgan fingerprint density at radius 1 is 1.38 bits per heavy atom. The normalized spacial score (nSPS) is 12.2. The predicted molar refractivity (Wildman–Crippen MR) is 54.3 cm³/mol. The molecule has 0 bridgehead atoms. The fourth-order valence-electron chi connectivity index (χ4n) is 1.61. The van der Waals surface area contributed by atoms with Gasteiger partial charge in [0.1, 0.15) is 5.69 Å². The van der Waals surface area contributed by atoms with Gasteiger partial charge in [-0.1, -0.05) is 6.92 Å². The number of nitrogen functional groups attached to an aromatic ring is 1. The van der Waals surface area contributed by atoms with E-state index in [1.54, 1.807) is 6.20 Å². The molecule has 0 aliphatic heterocycles. The van der Waals surface area contributed by atoms with Crippen molar-refractivity contribution < 1.29 is 13.2 Å². The monoisotopic (exact) mass is 229 g/mol. The van der Waals surface area contributed by atoms with E-state index < -0.39 is 11.9 Å². The minimum atomic E-state index is -4.42. The van der Waals surface area contributed by atoms with Crippen molar-refractivity contribution in [1.82, 2.24) is 9.66 Å². The molecular weight excluding hydrogens is 219 g/mol. The van der Waals surface area contributed by atoms with Crippen molar-refractivity contribution >= 4 is 11.0 Å². The van der Waals surface area contributed by atoms with Gasteiger partial charge in [-0.15, -0.1) is 0 Å². The molecule has 16 heavy (non-hydrogen) atoms. The molecule has 2 aromatic heterocycles. The van der Waals surface area contributed by atoms with Crippen molar-refractivity contribution in [2.75, 3.05) is 5.84 Å². The van der Waals surface area contributed by atoms with E-state index in [9.17, 15) is 13.2 Å². The van der Waals surface area contributed by atoms with Gasteiger partial charge in [0.05, 0.1) is 11.0 Å². The van der Waals surface area contributed by atoms with Crippen LogP contribution < -0.4 is 5.84 Å². The van der Waals surface area contributed by atoms with Crippen molar-refractivity contribution in [3.8, 4) is 0 Å². The number of rotatable bonds is 1. The molecule has 0 atom stereocenters. The molecule has 0 aliphatic carbocycles. The quantitative estimate of drug-likeness (QED) is 0.763. The number of hydrogen-bond acceptors (Lipinski definition) is 2. The summed E-state index contributed by atoms with van der Waals surface area (Å²) in [5.41, 5.74) is 0.647. The van der Waals surface area contributed by atoms with E-state index in [1.807, 2.05) is 6.92 Å². The zero-order chi connectivity index (χ0) is 11.9. The van der Waals surface area contributed by atoms with E-state index in [1.165, 1.54) is 10.7 Å². The number of hydrogen-bond donors (Lipinski definition) is 1. The summed E-state index contributed by atoms with van der Waals surface area (Å²) in [7, 11) is 0. The minimum absolute atomic E-state index is 0.319. The Morgan fingerprint density at radius 3 is 2.62 bits per heavy atom. The lowest BCUT2D eigenvalue weighted by molar-refractivity contribution is -0.140. The van der Waals surface area contributed by atoms with Gasteiger partial charge in [0.25, 0.3) is 0 Å². The van der Waals surface area contributed by atoms with Crippen LogP contribution in [0.15, 0.2) is 18.3 Å². The van der Waals surface area contributed by atoms with Gasteiger partial charge in [-0.05, 0) is 24.1 Å². The van der Waals surface area contributed by atoms with Gasteiger partial charge in [0.2, 0.25) is 0 Å². The van der Waals surface area contributed by atoms with Gasteiger partial charge >= 0.3 is 6.18 Å². The number of fused-ring (bicyclic) bond motifs is 1. The fourth-order valence-corrected chi connectivity index (χ4v) is 1.61. The Bertz CT molecular complexity index is 528. The summed E-state index contributed by atoms with van der Waals surface area (Å²) < 4.78 is 38.7. The molecule has 0 spiro atoms. The van der Waals surface area contributed by atoms with E-state index in [4.69, 9.17) is 5.84 Å². The lowest BCUT2D eigenvalue weighted by atomic mass is 10.2. The van der Waals surface area contributed by atoms with E-state index in [0.29, 0.717) is 23.0 Å². The molecule has 0 amide bonds. The van der Waals surface area contributed by atoms with Crippen molar-refractivity contribution in [3.05, 3.63) is 29.6 Å². The topological polar surface area (TPSA) is 43.8 Å². The zero-order valence-corrected chi connectivity index (χ0v) is 8.54. The third-order valence-corrected chi connectivity index (χ3v) is 2.42. The van der Waals surface area contributed by atoms with E-state index in [0.717, 1.165) is 6.07 Å². The van der Waals surface area contributed by atoms with Crippen LogP contribution in [0.1, 0.15) is 18.2 Å². The molecule has 0 radical (unpaired) electrons. The predicted octanol–water partition coefficient (Wildman–Crippen LogP) is 2.33. The van der Waals surface area contributed by atoms with Crippen LogP contribution in [0, 0.1) is 0 Å². The zero-order valence-electron chi connectivity index (χ0n) is 8.54. The summed E-state index contributed by atoms with van der Waals surface area (Å²) >= 11 is 0. The number of alkyl halides is 3. The van der Waals surface area contributed by atoms with Crippen LogP contribution in [0.5, 0.6) is 0 Å². The van der Waals surface area contributed by atoms with Crippen molar-refractivity contribution in [3.63, 3.8) is 0 Å². The smallest absolute Gasteiger partial charge is 0.339 e. The standard InChI is InChI=1S/C10H10F3N3/c1-2-6-5-16(14)7-3-4-8(10(11,12)13)15-9(6)7/h3-5H,2,14H2,1H3. The molecule has 6 heteroatoms. The molecule has 0 aromatic carbocycles. The third kappa shape index (κ3) is 1.60. The van der Waals surface area contributed by atoms with Crippen molar-refractivity contribution in [2.45, 2.75) is 19.5 Å². The van der Waals surface area contributed by atoms with E-state index >= 15 is 0 Å². The highest BCUT2D eigenvalue weighted by atomic mass is 19.4. The first-order valence-corrected chi connectivity index (χ1v) is 4.76. The molecule has 2 N–H and O–H groups in total. The summed E-state index contributed by atoms with van der Waals surface area (Å²) in [6, 6.07) is 2.27. The molecule has 0 fully saturated rings. The number of pyridine rings is 1. The maximum Gasteiger partial charge on any atom is 0.433 e. The molecule has 3 nitrogen and oxygen atoms in total. The van der Waals surface area contributed by atoms with Crippen molar-refractivity contribution in [2.24, 2.45) is 0 Å². The van der Waals surface area contributed by atoms with Crippen LogP contribution in [-0.2, 0) is 12.6 Å². The number of nitrogens with two attached hydrogens (primary N) is 1. The summed E-state index contributed by atoms with van der Waals surface area (Å²) in [6.07, 6.45) is -2.23. The van der Waals surface area contributed by atoms with E-state index in [2.05, 4.69) is 4.98 Å². The number of nitrogens with zero attached hydrogens (tertiary/aromatic N) is 2. The Kier molecular flexibility index (Phi) is 2.29. The molecule has 0 saturated carbocycles. The SMILES string of the molecule is CCc1cn(N)c2ccc(C(F)(F)F)nc12. The van der Waals surface area contributed by atoms with Gasteiger partial charge < -0.3 is 5.84 Å². The first kappa shape index (κ1) is 10.8. The second-order valence-electron chi connectivity index (χ2n) is 3.48. The van der Waals surface area contributed by atoms with Gasteiger partial charge in [-0.25, -0.2) is 4.98 Å². The Labute approximate surface area is 89.7 Å². The summed E-state index contributed by atoms with van der Waals surface area (Å²) in [4.78, 5) is 3.61. The summed E-state index contributed by atoms with van der Waals surface area (Å²) in [6.45, 7) is 1.84. The van der Waals surface area contributed by atoms with Gasteiger partial charge in [-0.2, -0.15) is 13.2 Å². The molecular formula is C10H10F3N3. The molecule has 2 aromatic rings. The minimum Gasteiger partial charge on any atom is -0.339 e. The lowest BCUT2D eigenvalue weighted by Gasteiger charge is -2.05. The highest BCUT2D eigenvalue weighted by Gasteiger charge is 2.32. The maximum absolute atomic E-state index is 12.5. The van der Waals surface area contributed by atoms with Crippen LogP contribution >= 0.6 is 0 Å². The highest BCUT2D eigenvalue weighted by molar-refractivity contribution is 5.80.